The number of unbranched alkanes of at least 4 members (excludes halogenated alkanes) is 1. The lowest BCUT2D eigenvalue weighted by atomic mass is 10.0. The molecule has 4 amide bonds. The van der Waals surface area contributed by atoms with Gasteiger partial charge < -0.3 is 43.2 Å². The Morgan fingerprint density at radius 2 is 1.15 bits per heavy atom. The van der Waals surface area contributed by atoms with Crippen molar-refractivity contribution in [3.63, 3.8) is 0 Å². The van der Waals surface area contributed by atoms with Gasteiger partial charge in [-0.3, -0.25) is 29.4 Å². The van der Waals surface area contributed by atoms with Crippen LogP contribution in [0.1, 0.15) is 53.3 Å². The van der Waals surface area contributed by atoms with E-state index < -0.39 is 29.7 Å². The molecule has 0 saturated carbocycles. The minimum Gasteiger partial charge on any atom is -0.382 e. The van der Waals surface area contributed by atoms with Gasteiger partial charge in [0, 0.05) is 25.3 Å². The lowest BCUT2D eigenvalue weighted by Crippen LogP contribution is -2.54. The van der Waals surface area contributed by atoms with Crippen molar-refractivity contribution in [2.24, 2.45) is 0 Å². The predicted molar refractivity (Wildman–Crippen MR) is 173 cm³/mol. The minimum atomic E-state index is -1.00. The standard InChI is InChI=1S/C33H51N3O12/c1-2-3-10-41-12-14-43-16-18-45-20-22-47-24-25-48-23-21-46-19-17-44-15-13-42-11-9-34-27-6-4-5-26-30(27)33(40)36(32(26)39)28-7-8-29(37)35-31(28)38/h4-6,28,34H,2-3,7-25H2,1H3,(H,35,37,38). The topological polar surface area (TPSA) is 169 Å². The molecule has 2 N–H and O–H groups in total. The zero-order valence-corrected chi connectivity index (χ0v) is 28.0. The van der Waals surface area contributed by atoms with E-state index in [1.54, 1.807) is 18.2 Å². The highest BCUT2D eigenvalue weighted by Crippen LogP contribution is 2.32. The van der Waals surface area contributed by atoms with Gasteiger partial charge in [-0.05, 0) is 25.0 Å². The van der Waals surface area contributed by atoms with Gasteiger partial charge in [0.05, 0.1) is 110 Å². The number of nitrogens with zero attached hydrogens (tertiary/aromatic N) is 1. The van der Waals surface area contributed by atoms with Gasteiger partial charge in [0.25, 0.3) is 11.8 Å². The molecule has 48 heavy (non-hydrogen) atoms. The zero-order valence-electron chi connectivity index (χ0n) is 28.0. The van der Waals surface area contributed by atoms with Crippen molar-refractivity contribution in [1.29, 1.82) is 0 Å². The van der Waals surface area contributed by atoms with Crippen LogP contribution in [0.3, 0.4) is 0 Å². The van der Waals surface area contributed by atoms with Gasteiger partial charge in [-0.15, -0.1) is 0 Å². The molecule has 2 heterocycles. The van der Waals surface area contributed by atoms with Crippen LogP contribution in [-0.4, -0.2) is 147 Å². The quantitative estimate of drug-likeness (QED) is 0.0921. The van der Waals surface area contributed by atoms with Crippen molar-refractivity contribution in [2.75, 3.05) is 118 Å². The first kappa shape index (κ1) is 39.4. The van der Waals surface area contributed by atoms with Crippen molar-refractivity contribution >= 4 is 29.3 Å². The fraction of sp³-hybridized carbons (Fsp3) is 0.697. The molecule has 2 aliphatic rings. The smallest absolute Gasteiger partial charge is 0.264 e. The van der Waals surface area contributed by atoms with Crippen LogP contribution in [0.25, 0.3) is 0 Å². The largest absolute Gasteiger partial charge is 0.382 e. The van der Waals surface area contributed by atoms with Crippen LogP contribution in [0, 0.1) is 0 Å². The monoisotopic (exact) mass is 681 g/mol. The Balaban J connectivity index is 1.08. The molecular formula is C33H51N3O12. The third-order valence-corrected chi connectivity index (χ3v) is 7.28. The second-order valence-electron chi connectivity index (χ2n) is 10.9. The number of carbonyl (C=O) groups excluding carboxylic acids is 4. The van der Waals surface area contributed by atoms with Crippen LogP contribution in [-0.2, 0) is 47.5 Å². The highest BCUT2D eigenvalue weighted by Gasteiger charge is 2.45. The number of carbonyl (C=O) groups is 4. The molecular weight excluding hydrogens is 630 g/mol. The highest BCUT2D eigenvalue weighted by molar-refractivity contribution is 6.25. The summed E-state index contributed by atoms with van der Waals surface area (Å²) in [7, 11) is 0. The van der Waals surface area contributed by atoms with E-state index in [4.69, 9.17) is 37.9 Å². The summed E-state index contributed by atoms with van der Waals surface area (Å²) in [6.45, 7) is 10.5. The first-order chi connectivity index (χ1) is 23.5. The summed E-state index contributed by atoms with van der Waals surface area (Å²) in [5.41, 5.74) is 0.921. The Kier molecular flexibility index (Phi) is 19.8. The summed E-state index contributed by atoms with van der Waals surface area (Å²) in [4.78, 5) is 50.8. The van der Waals surface area contributed by atoms with Gasteiger partial charge >= 0.3 is 0 Å². The maximum absolute atomic E-state index is 13.1. The number of imide groups is 2. The lowest BCUT2D eigenvalue weighted by molar-refractivity contribution is -0.136. The summed E-state index contributed by atoms with van der Waals surface area (Å²) in [6.07, 6.45) is 2.39. The molecule has 2 aliphatic heterocycles. The Hall–Kier alpha value is -3.02. The predicted octanol–water partition coefficient (Wildman–Crippen LogP) is 1.43. The normalized spacial score (nSPS) is 16.1. The van der Waals surface area contributed by atoms with Gasteiger partial charge in [0.1, 0.15) is 6.04 Å². The molecule has 0 bridgehead atoms. The minimum absolute atomic E-state index is 0.0698. The number of rotatable bonds is 29. The third kappa shape index (κ3) is 14.2. The SMILES string of the molecule is CCCCOCCOCCOCCOCCOCCOCCOCCOCCNc1cccc2c1C(=O)N(C1CCC(=O)NC1=O)C2=O. The molecule has 1 aromatic carbocycles. The highest BCUT2D eigenvalue weighted by atomic mass is 16.6. The average molecular weight is 682 g/mol. The molecule has 270 valence electrons. The van der Waals surface area contributed by atoms with E-state index in [-0.39, 0.29) is 24.0 Å². The molecule has 0 radical (unpaired) electrons. The van der Waals surface area contributed by atoms with Gasteiger partial charge in [-0.25, -0.2) is 0 Å². The Morgan fingerprint density at radius 3 is 1.62 bits per heavy atom. The maximum Gasteiger partial charge on any atom is 0.264 e. The summed E-state index contributed by atoms with van der Waals surface area (Å²) in [6, 6.07) is 3.92. The summed E-state index contributed by atoms with van der Waals surface area (Å²) in [5, 5.41) is 5.33. The molecule has 1 atom stereocenters. The van der Waals surface area contributed by atoms with Crippen molar-refractivity contribution in [1.82, 2.24) is 10.2 Å². The van der Waals surface area contributed by atoms with E-state index >= 15 is 0 Å². The summed E-state index contributed by atoms with van der Waals surface area (Å²) in [5.74, 6) is -2.15. The van der Waals surface area contributed by atoms with Crippen LogP contribution in [0.4, 0.5) is 5.69 Å². The number of benzene rings is 1. The van der Waals surface area contributed by atoms with E-state index in [1.807, 2.05) is 0 Å². The van der Waals surface area contributed by atoms with Crippen LogP contribution in [0.15, 0.2) is 18.2 Å². The zero-order chi connectivity index (χ0) is 34.2. The summed E-state index contributed by atoms with van der Waals surface area (Å²) < 4.78 is 43.8. The van der Waals surface area contributed by atoms with E-state index in [2.05, 4.69) is 17.6 Å². The number of hydrogen-bond donors (Lipinski definition) is 2. The second kappa shape index (κ2) is 24.2. The molecule has 3 rings (SSSR count). The van der Waals surface area contributed by atoms with Crippen molar-refractivity contribution in [3.05, 3.63) is 29.3 Å². The van der Waals surface area contributed by atoms with Gasteiger partial charge in [0.15, 0.2) is 0 Å². The van der Waals surface area contributed by atoms with Gasteiger partial charge in [-0.2, -0.15) is 0 Å². The average Bonchev–Trinajstić information content (AvgIpc) is 3.33. The van der Waals surface area contributed by atoms with Crippen LogP contribution in [0.2, 0.25) is 0 Å². The van der Waals surface area contributed by atoms with E-state index in [1.165, 1.54) is 0 Å². The molecule has 0 spiro atoms. The molecule has 1 fully saturated rings. The first-order valence-electron chi connectivity index (χ1n) is 16.7. The molecule has 1 saturated heterocycles. The van der Waals surface area contributed by atoms with E-state index in [0.717, 1.165) is 24.3 Å². The Bertz CT molecular complexity index is 1120. The molecule has 1 aromatic rings. The van der Waals surface area contributed by atoms with Gasteiger partial charge in [0.2, 0.25) is 11.8 Å². The summed E-state index contributed by atoms with van der Waals surface area (Å²) >= 11 is 0. The fourth-order valence-electron chi connectivity index (χ4n) is 4.81. The number of hydrogen-bond acceptors (Lipinski definition) is 13. The van der Waals surface area contributed by atoms with Crippen LogP contribution in [0.5, 0.6) is 0 Å². The number of anilines is 1. The number of nitrogens with one attached hydrogen (secondary N) is 2. The van der Waals surface area contributed by atoms with E-state index in [9.17, 15) is 19.2 Å². The van der Waals surface area contributed by atoms with Crippen molar-refractivity contribution < 1.29 is 57.1 Å². The molecule has 0 aromatic heterocycles. The van der Waals surface area contributed by atoms with Crippen LogP contribution >= 0.6 is 0 Å². The van der Waals surface area contributed by atoms with Crippen molar-refractivity contribution in [2.45, 2.75) is 38.6 Å². The Labute approximate surface area is 282 Å². The molecule has 15 heteroatoms. The second-order valence-corrected chi connectivity index (χ2v) is 10.9. The first-order valence-corrected chi connectivity index (χ1v) is 16.7. The van der Waals surface area contributed by atoms with Gasteiger partial charge in [-0.1, -0.05) is 19.4 Å². The number of piperidine rings is 1. The number of fused-ring (bicyclic) bond motifs is 1. The fourth-order valence-corrected chi connectivity index (χ4v) is 4.81. The maximum atomic E-state index is 13.1. The third-order valence-electron chi connectivity index (χ3n) is 7.28. The molecule has 0 aliphatic carbocycles. The lowest BCUT2D eigenvalue weighted by Gasteiger charge is -2.27. The number of ether oxygens (including phenoxy) is 8. The molecule has 1 unspecified atom stereocenters. The van der Waals surface area contributed by atoms with Crippen molar-refractivity contribution in [3.8, 4) is 0 Å². The number of amides is 4. The molecule has 15 nitrogen and oxygen atoms in total. The van der Waals surface area contributed by atoms with Crippen LogP contribution < -0.4 is 10.6 Å². The van der Waals surface area contributed by atoms with E-state index in [0.29, 0.717) is 111 Å². The Morgan fingerprint density at radius 1 is 0.667 bits per heavy atom.